The molecule has 0 aromatic carbocycles. The van der Waals surface area contributed by atoms with Crippen molar-refractivity contribution in [1.82, 2.24) is 9.97 Å². The quantitative estimate of drug-likeness (QED) is 0.728. The smallest absolute Gasteiger partial charge is 0.126 e. The fourth-order valence-corrected chi connectivity index (χ4v) is 3.49. The molecule has 0 atom stereocenters. The van der Waals surface area contributed by atoms with E-state index in [1.165, 1.54) is 43.1 Å². The molecule has 0 spiro atoms. The van der Waals surface area contributed by atoms with E-state index in [-0.39, 0.29) is 0 Å². The minimum absolute atomic E-state index is 0.762. The summed E-state index contributed by atoms with van der Waals surface area (Å²) in [5.74, 6) is 0.762. The highest BCUT2D eigenvalue weighted by molar-refractivity contribution is 7.16. The first-order valence-corrected chi connectivity index (χ1v) is 6.50. The molecule has 0 amide bonds. The Labute approximate surface area is 93.4 Å². The lowest BCUT2D eigenvalue weighted by molar-refractivity contribution is 0.446. The summed E-state index contributed by atoms with van der Waals surface area (Å²) in [5.41, 5.74) is 1.50. The molecule has 1 aliphatic rings. The van der Waals surface area contributed by atoms with Crippen LogP contribution in [0.4, 0.5) is 0 Å². The van der Waals surface area contributed by atoms with Gasteiger partial charge in [0, 0.05) is 11.6 Å². The van der Waals surface area contributed by atoms with Crippen molar-refractivity contribution in [2.45, 2.75) is 38.0 Å². The zero-order chi connectivity index (χ0) is 10.1. The standard InChI is InChI=1S/C12H14N2S/c1-2-4-9(5-3-1)11-7-15-12-10(11)6-13-8-14-12/h6-9H,1-5H2. The van der Waals surface area contributed by atoms with Crippen LogP contribution in [-0.2, 0) is 0 Å². The van der Waals surface area contributed by atoms with E-state index in [1.54, 1.807) is 17.7 Å². The molecule has 0 radical (unpaired) electrons. The fraction of sp³-hybridized carbons (Fsp3) is 0.500. The van der Waals surface area contributed by atoms with E-state index in [9.17, 15) is 0 Å². The van der Waals surface area contributed by atoms with E-state index < -0.39 is 0 Å². The Balaban J connectivity index is 2.02. The second-order valence-electron chi connectivity index (χ2n) is 4.27. The predicted molar refractivity (Wildman–Crippen MR) is 63.2 cm³/mol. The van der Waals surface area contributed by atoms with Crippen molar-refractivity contribution in [2.24, 2.45) is 0 Å². The molecule has 1 fully saturated rings. The van der Waals surface area contributed by atoms with Gasteiger partial charge in [-0.2, -0.15) is 0 Å². The molecule has 2 aromatic heterocycles. The third-order valence-corrected chi connectivity index (χ3v) is 4.25. The molecule has 0 N–H and O–H groups in total. The van der Waals surface area contributed by atoms with Gasteiger partial charge in [-0.15, -0.1) is 11.3 Å². The zero-order valence-electron chi connectivity index (χ0n) is 8.65. The molecule has 2 nitrogen and oxygen atoms in total. The molecule has 3 rings (SSSR count). The molecule has 1 aliphatic carbocycles. The number of thiophene rings is 1. The highest BCUT2D eigenvalue weighted by Gasteiger charge is 2.18. The van der Waals surface area contributed by atoms with Crippen molar-refractivity contribution >= 4 is 21.6 Å². The van der Waals surface area contributed by atoms with E-state index >= 15 is 0 Å². The Hall–Kier alpha value is -0.960. The summed E-state index contributed by atoms with van der Waals surface area (Å²) in [7, 11) is 0. The first-order valence-electron chi connectivity index (χ1n) is 5.62. The van der Waals surface area contributed by atoms with Crippen LogP contribution >= 0.6 is 11.3 Å². The topological polar surface area (TPSA) is 25.8 Å². The molecule has 0 unspecified atom stereocenters. The molecule has 78 valence electrons. The van der Waals surface area contributed by atoms with E-state index in [0.717, 1.165) is 10.7 Å². The highest BCUT2D eigenvalue weighted by Crippen LogP contribution is 2.38. The average molecular weight is 218 g/mol. The monoisotopic (exact) mass is 218 g/mol. The fourth-order valence-electron chi connectivity index (χ4n) is 2.52. The van der Waals surface area contributed by atoms with Gasteiger partial charge in [0.1, 0.15) is 11.2 Å². The summed E-state index contributed by atoms with van der Waals surface area (Å²) >= 11 is 1.76. The molecular weight excluding hydrogens is 204 g/mol. The van der Waals surface area contributed by atoms with Crippen molar-refractivity contribution in [1.29, 1.82) is 0 Å². The van der Waals surface area contributed by atoms with Gasteiger partial charge in [0.2, 0.25) is 0 Å². The maximum atomic E-state index is 4.30. The van der Waals surface area contributed by atoms with Crippen molar-refractivity contribution in [2.75, 3.05) is 0 Å². The summed E-state index contributed by atoms with van der Waals surface area (Å²) in [6.07, 6.45) is 10.5. The second kappa shape index (κ2) is 3.89. The Morgan fingerprint density at radius 3 is 2.93 bits per heavy atom. The first-order chi connectivity index (χ1) is 7.45. The van der Waals surface area contributed by atoms with Crippen LogP contribution in [0.25, 0.3) is 10.2 Å². The molecule has 0 bridgehead atoms. The number of nitrogens with zero attached hydrogens (tertiary/aromatic N) is 2. The van der Waals surface area contributed by atoms with Crippen LogP contribution in [0.1, 0.15) is 43.6 Å². The molecule has 3 heteroatoms. The Bertz CT molecular complexity index is 457. The van der Waals surface area contributed by atoms with Gasteiger partial charge in [0.05, 0.1) is 0 Å². The minimum atomic E-state index is 0.762. The molecule has 2 aromatic rings. The summed E-state index contributed by atoms with van der Waals surface area (Å²) in [6.45, 7) is 0. The van der Waals surface area contributed by atoms with Crippen LogP contribution in [-0.4, -0.2) is 9.97 Å². The number of rotatable bonds is 1. The second-order valence-corrected chi connectivity index (χ2v) is 5.13. The van der Waals surface area contributed by atoms with Gasteiger partial charge in [-0.05, 0) is 29.7 Å². The number of fused-ring (bicyclic) bond motifs is 1. The maximum Gasteiger partial charge on any atom is 0.126 e. The Kier molecular flexibility index (Phi) is 2.41. The van der Waals surface area contributed by atoms with Crippen molar-refractivity contribution < 1.29 is 0 Å². The summed E-state index contributed by atoms with van der Waals surface area (Å²) < 4.78 is 0. The number of aromatic nitrogens is 2. The van der Waals surface area contributed by atoms with Crippen molar-refractivity contribution in [3.8, 4) is 0 Å². The number of hydrogen-bond acceptors (Lipinski definition) is 3. The normalized spacial score (nSPS) is 18.4. The summed E-state index contributed by atoms with van der Waals surface area (Å²) in [4.78, 5) is 9.58. The SMILES string of the molecule is c1ncc2c(C3CCCCC3)csc2n1. The highest BCUT2D eigenvalue weighted by atomic mass is 32.1. The van der Waals surface area contributed by atoms with Gasteiger partial charge in [-0.25, -0.2) is 9.97 Å². The average Bonchev–Trinajstić information content (AvgIpc) is 2.74. The van der Waals surface area contributed by atoms with Crippen LogP contribution in [0.5, 0.6) is 0 Å². The van der Waals surface area contributed by atoms with Gasteiger partial charge < -0.3 is 0 Å². The molecule has 0 saturated heterocycles. The molecular formula is C12H14N2S. The Morgan fingerprint density at radius 2 is 2.07 bits per heavy atom. The first kappa shape index (κ1) is 9.28. The van der Waals surface area contributed by atoms with E-state index in [4.69, 9.17) is 0 Å². The summed E-state index contributed by atoms with van der Waals surface area (Å²) in [6, 6.07) is 0. The van der Waals surface area contributed by atoms with E-state index in [0.29, 0.717) is 0 Å². The van der Waals surface area contributed by atoms with E-state index in [1.807, 2.05) is 6.20 Å². The molecule has 2 heterocycles. The maximum absolute atomic E-state index is 4.30. The van der Waals surface area contributed by atoms with Crippen LogP contribution in [0.3, 0.4) is 0 Å². The third kappa shape index (κ3) is 1.65. The van der Waals surface area contributed by atoms with Crippen LogP contribution < -0.4 is 0 Å². The van der Waals surface area contributed by atoms with Crippen LogP contribution in [0.15, 0.2) is 17.9 Å². The Morgan fingerprint density at radius 1 is 1.20 bits per heavy atom. The molecule has 1 saturated carbocycles. The predicted octanol–water partition coefficient (Wildman–Crippen LogP) is 3.74. The lowest BCUT2D eigenvalue weighted by Gasteiger charge is -2.20. The third-order valence-electron chi connectivity index (χ3n) is 3.33. The minimum Gasteiger partial charge on any atom is -0.244 e. The molecule has 0 aliphatic heterocycles. The van der Waals surface area contributed by atoms with Crippen LogP contribution in [0, 0.1) is 0 Å². The van der Waals surface area contributed by atoms with Gasteiger partial charge in [0.15, 0.2) is 0 Å². The largest absolute Gasteiger partial charge is 0.244 e. The van der Waals surface area contributed by atoms with Gasteiger partial charge in [-0.1, -0.05) is 19.3 Å². The van der Waals surface area contributed by atoms with E-state index in [2.05, 4.69) is 15.3 Å². The van der Waals surface area contributed by atoms with Crippen LogP contribution in [0.2, 0.25) is 0 Å². The van der Waals surface area contributed by atoms with Crippen molar-refractivity contribution in [3.05, 3.63) is 23.5 Å². The number of hydrogen-bond donors (Lipinski definition) is 0. The van der Waals surface area contributed by atoms with Crippen molar-refractivity contribution in [3.63, 3.8) is 0 Å². The van der Waals surface area contributed by atoms with Gasteiger partial charge in [-0.3, -0.25) is 0 Å². The lowest BCUT2D eigenvalue weighted by atomic mass is 9.84. The summed E-state index contributed by atoms with van der Waals surface area (Å²) in [5, 5.41) is 3.57. The van der Waals surface area contributed by atoms with Gasteiger partial charge >= 0.3 is 0 Å². The molecule has 15 heavy (non-hydrogen) atoms. The zero-order valence-corrected chi connectivity index (χ0v) is 9.46. The van der Waals surface area contributed by atoms with Gasteiger partial charge in [0.25, 0.3) is 0 Å². The lowest BCUT2D eigenvalue weighted by Crippen LogP contribution is -2.03.